The molecule has 2 aromatic heterocycles. The van der Waals surface area contributed by atoms with Gasteiger partial charge in [-0.1, -0.05) is 0 Å². The van der Waals surface area contributed by atoms with Crippen LogP contribution in [0.4, 0.5) is 22.0 Å². The van der Waals surface area contributed by atoms with Gasteiger partial charge >= 0.3 is 11.9 Å². The minimum absolute atomic E-state index is 0.0589. The number of rotatable bonds is 4. The number of pyridine rings is 1. The Morgan fingerprint density at radius 3 is 2.47 bits per heavy atom. The third kappa shape index (κ3) is 3.65. The highest BCUT2D eigenvalue weighted by atomic mass is 19.4. The molecule has 1 aliphatic carbocycles. The van der Waals surface area contributed by atoms with Gasteiger partial charge in [-0.25, -0.2) is 18.3 Å². The van der Waals surface area contributed by atoms with Gasteiger partial charge in [0.2, 0.25) is 0 Å². The second kappa shape index (κ2) is 7.42. The van der Waals surface area contributed by atoms with Crippen molar-refractivity contribution in [2.75, 3.05) is 0 Å². The highest BCUT2D eigenvalue weighted by Crippen LogP contribution is 2.37. The second-order valence-corrected chi connectivity index (χ2v) is 8.01. The first kappa shape index (κ1) is 20.7. The van der Waals surface area contributed by atoms with Crippen molar-refractivity contribution in [3.8, 4) is 5.75 Å². The number of benzene rings is 1. The SMILES string of the molecule is O=c1n(C2CC(Oc3ccnc(C(F)(F)F)c3)C2)nc2n1[C@H](c1cc(F)cc(F)c1)CC2. The number of aromatic nitrogens is 4. The number of ether oxygens (including phenoxy) is 1. The number of aryl methyl sites for hydroxylation is 1. The van der Waals surface area contributed by atoms with Gasteiger partial charge in [-0.3, -0.25) is 9.55 Å². The van der Waals surface area contributed by atoms with E-state index in [1.54, 1.807) is 0 Å². The van der Waals surface area contributed by atoms with E-state index in [1.165, 1.54) is 27.4 Å². The molecular weight excluding hydrogens is 435 g/mol. The molecule has 5 rings (SSSR count). The van der Waals surface area contributed by atoms with Crippen LogP contribution in [-0.4, -0.2) is 25.4 Å². The lowest BCUT2D eigenvalue weighted by molar-refractivity contribution is -0.141. The number of halogens is 5. The predicted molar refractivity (Wildman–Crippen MR) is 101 cm³/mol. The quantitative estimate of drug-likeness (QED) is 0.561. The van der Waals surface area contributed by atoms with Gasteiger partial charge in [-0.05, 0) is 30.2 Å². The molecule has 0 spiro atoms. The van der Waals surface area contributed by atoms with E-state index < -0.39 is 29.5 Å². The fourth-order valence-electron chi connectivity index (χ4n) is 4.30. The first-order valence-electron chi connectivity index (χ1n) is 10.0. The summed E-state index contributed by atoms with van der Waals surface area (Å²) in [6.07, 6.45) is -2.07. The summed E-state index contributed by atoms with van der Waals surface area (Å²) in [5.74, 6) is -0.822. The third-order valence-corrected chi connectivity index (χ3v) is 5.87. The molecule has 3 heterocycles. The van der Waals surface area contributed by atoms with Crippen molar-refractivity contribution in [1.29, 1.82) is 0 Å². The number of fused-ring (bicyclic) bond motifs is 1. The first-order chi connectivity index (χ1) is 15.2. The van der Waals surface area contributed by atoms with Crippen molar-refractivity contribution >= 4 is 0 Å². The van der Waals surface area contributed by atoms with E-state index in [1.807, 2.05) is 0 Å². The van der Waals surface area contributed by atoms with Gasteiger partial charge in [0.1, 0.15) is 35.0 Å². The number of hydrogen-bond donors (Lipinski definition) is 0. The van der Waals surface area contributed by atoms with Gasteiger partial charge in [0.05, 0.1) is 12.1 Å². The molecule has 32 heavy (non-hydrogen) atoms. The molecule has 0 saturated heterocycles. The molecule has 11 heteroatoms. The van der Waals surface area contributed by atoms with Gasteiger partial charge in [-0.15, -0.1) is 0 Å². The Morgan fingerprint density at radius 1 is 1.06 bits per heavy atom. The smallest absolute Gasteiger partial charge is 0.433 e. The normalized spacial score (nSPS) is 22.5. The summed E-state index contributed by atoms with van der Waals surface area (Å²) in [5, 5.41) is 4.39. The lowest BCUT2D eigenvalue weighted by atomic mass is 9.89. The van der Waals surface area contributed by atoms with E-state index in [9.17, 15) is 26.7 Å². The molecule has 6 nitrogen and oxygen atoms in total. The Balaban J connectivity index is 1.30. The van der Waals surface area contributed by atoms with Crippen LogP contribution >= 0.6 is 0 Å². The van der Waals surface area contributed by atoms with Crippen molar-refractivity contribution in [3.63, 3.8) is 0 Å². The van der Waals surface area contributed by atoms with E-state index in [2.05, 4.69) is 10.1 Å². The van der Waals surface area contributed by atoms with E-state index in [4.69, 9.17) is 4.74 Å². The molecule has 2 aliphatic rings. The molecule has 3 aromatic rings. The van der Waals surface area contributed by atoms with Crippen molar-refractivity contribution in [1.82, 2.24) is 19.3 Å². The minimum atomic E-state index is -4.56. The van der Waals surface area contributed by atoms with Crippen LogP contribution in [0.15, 0.2) is 41.3 Å². The van der Waals surface area contributed by atoms with Crippen molar-refractivity contribution in [2.24, 2.45) is 0 Å². The van der Waals surface area contributed by atoms with Gasteiger partial charge in [0, 0.05) is 37.6 Å². The lowest BCUT2D eigenvalue weighted by Gasteiger charge is -2.34. The Bertz CT molecular complexity index is 1210. The predicted octanol–water partition coefficient (Wildman–Crippen LogP) is 4.05. The Morgan fingerprint density at radius 2 is 1.78 bits per heavy atom. The number of hydrogen-bond acceptors (Lipinski definition) is 4. The van der Waals surface area contributed by atoms with Crippen molar-refractivity contribution < 1.29 is 26.7 Å². The summed E-state index contributed by atoms with van der Waals surface area (Å²) < 4.78 is 74.1. The summed E-state index contributed by atoms with van der Waals surface area (Å²) in [6, 6.07) is 4.63. The van der Waals surface area contributed by atoms with E-state index in [0.29, 0.717) is 37.1 Å². The zero-order valence-electron chi connectivity index (χ0n) is 16.5. The molecule has 1 atom stereocenters. The van der Waals surface area contributed by atoms with Crippen LogP contribution in [0.5, 0.6) is 5.75 Å². The second-order valence-electron chi connectivity index (χ2n) is 8.01. The summed E-state index contributed by atoms with van der Waals surface area (Å²) >= 11 is 0. The standard InChI is InChI=1S/C21H17F5N4O2/c22-12-5-11(6-13(23)7-12)17-1-2-19-28-30(20(31)29(17)19)14-8-16(9-14)32-15-3-4-27-18(10-15)21(24,25)26/h3-7,10,14,16-17H,1-2,8-9H2/t14?,16?,17-/m0/s1. The Kier molecular flexibility index (Phi) is 4.79. The van der Waals surface area contributed by atoms with Crippen LogP contribution in [0.3, 0.4) is 0 Å². The molecule has 168 valence electrons. The van der Waals surface area contributed by atoms with Gasteiger partial charge in [0.15, 0.2) is 0 Å². The van der Waals surface area contributed by atoms with Crippen LogP contribution in [-0.2, 0) is 12.6 Å². The summed E-state index contributed by atoms with van der Waals surface area (Å²) in [5.41, 5.74) is -1.04. The molecule has 1 fully saturated rings. The fourth-order valence-corrected chi connectivity index (χ4v) is 4.30. The minimum Gasteiger partial charge on any atom is -0.490 e. The maximum Gasteiger partial charge on any atom is 0.433 e. The van der Waals surface area contributed by atoms with E-state index >= 15 is 0 Å². The van der Waals surface area contributed by atoms with Crippen LogP contribution in [0.2, 0.25) is 0 Å². The largest absolute Gasteiger partial charge is 0.490 e. The average Bonchev–Trinajstić information content (AvgIpc) is 3.24. The summed E-state index contributed by atoms with van der Waals surface area (Å²) in [6.45, 7) is 0. The highest BCUT2D eigenvalue weighted by Gasteiger charge is 2.38. The van der Waals surface area contributed by atoms with Crippen LogP contribution in [0.1, 0.15) is 48.4 Å². The van der Waals surface area contributed by atoms with Crippen LogP contribution < -0.4 is 10.4 Å². The Labute approximate surface area is 178 Å². The third-order valence-electron chi connectivity index (χ3n) is 5.87. The van der Waals surface area contributed by atoms with E-state index in [-0.39, 0.29) is 23.6 Å². The highest BCUT2D eigenvalue weighted by molar-refractivity contribution is 5.26. The van der Waals surface area contributed by atoms with Gasteiger partial charge in [-0.2, -0.15) is 18.3 Å². The molecule has 0 unspecified atom stereocenters. The van der Waals surface area contributed by atoms with Crippen molar-refractivity contribution in [2.45, 2.75) is 50.0 Å². The zero-order chi connectivity index (χ0) is 22.6. The lowest BCUT2D eigenvalue weighted by Crippen LogP contribution is -2.41. The topological polar surface area (TPSA) is 61.9 Å². The summed E-state index contributed by atoms with van der Waals surface area (Å²) in [7, 11) is 0. The molecule has 1 aliphatic heterocycles. The van der Waals surface area contributed by atoms with Gasteiger partial charge < -0.3 is 4.74 Å². The maximum absolute atomic E-state index is 13.6. The van der Waals surface area contributed by atoms with E-state index in [0.717, 1.165) is 18.3 Å². The first-order valence-corrected chi connectivity index (χ1v) is 10.0. The zero-order valence-corrected chi connectivity index (χ0v) is 16.5. The number of nitrogens with zero attached hydrogens (tertiary/aromatic N) is 4. The number of alkyl halides is 3. The van der Waals surface area contributed by atoms with Crippen LogP contribution in [0, 0.1) is 11.6 Å². The average molecular weight is 452 g/mol. The van der Waals surface area contributed by atoms with Crippen molar-refractivity contribution in [3.05, 3.63) is 75.7 Å². The molecular formula is C21H17F5N4O2. The Hall–Kier alpha value is -3.24. The fraction of sp³-hybridized carbons (Fsp3) is 0.381. The van der Waals surface area contributed by atoms with Crippen LogP contribution in [0.25, 0.3) is 0 Å². The molecule has 0 N–H and O–H groups in total. The molecule has 0 bridgehead atoms. The maximum atomic E-state index is 13.6. The monoisotopic (exact) mass is 452 g/mol. The molecule has 0 radical (unpaired) electrons. The summed E-state index contributed by atoms with van der Waals surface area (Å²) in [4.78, 5) is 16.3. The molecule has 1 saturated carbocycles. The van der Waals surface area contributed by atoms with Gasteiger partial charge in [0.25, 0.3) is 0 Å². The molecule has 0 amide bonds. The molecule has 1 aromatic carbocycles.